The second-order valence-electron chi connectivity index (χ2n) is 3.36. The summed E-state index contributed by atoms with van der Waals surface area (Å²) in [5, 5.41) is 3.01. The summed E-state index contributed by atoms with van der Waals surface area (Å²) in [5.41, 5.74) is 0. The fourth-order valence-corrected chi connectivity index (χ4v) is 1.22. The quantitative estimate of drug-likeness (QED) is 0.780. The van der Waals surface area contributed by atoms with Gasteiger partial charge in [-0.3, -0.25) is 0 Å². The summed E-state index contributed by atoms with van der Waals surface area (Å²) >= 11 is 0. The summed E-state index contributed by atoms with van der Waals surface area (Å²) in [6, 6.07) is 1.83. The van der Waals surface area contributed by atoms with E-state index in [1.54, 1.807) is 0 Å². The highest BCUT2D eigenvalue weighted by Crippen LogP contribution is 2.14. The van der Waals surface area contributed by atoms with Gasteiger partial charge in [0.2, 0.25) is 5.88 Å². The van der Waals surface area contributed by atoms with E-state index < -0.39 is 0 Å². The fourth-order valence-electron chi connectivity index (χ4n) is 1.22. The third-order valence-electron chi connectivity index (χ3n) is 1.93. The third-order valence-corrected chi connectivity index (χ3v) is 1.93. The molecule has 0 aromatic carbocycles. The van der Waals surface area contributed by atoms with Crippen molar-refractivity contribution in [2.24, 2.45) is 0 Å². The predicted molar refractivity (Wildman–Crippen MR) is 61.4 cm³/mol. The normalized spacial score (nSPS) is 10.1. The third kappa shape index (κ3) is 3.73. The average molecular weight is 209 g/mol. The van der Waals surface area contributed by atoms with E-state index >= 15 is 0 Å². The largest absolute Gasteiger partial charge is 0.478 e. The van der Waals surface area contributed by atoms with Crippen LogP contribution in [0.3, 0.4) is 0 Å². The smallest absolute Gasteiger partial charge is 0.218 e. The zero-order valence-corrected chi connectivity index (χ0v) is 9.71. The molecule has 4 nitrogen and oxygen atoms in total. The molecule has 1 heterocycles. The van der Waals surface area contributed by atoms with Crippen LogP contribution < -0.4 is 10.1 Å². The first-order valence-corrected chi connectivity index (χ1v) is 5.48. The van der Waals surface area contributed by atoms with Crippen molar-refractivity contribution in [1.82, 2.24) is 9.97 Å². The van der Waals surface area contributed by atoms with Gasteiger partial charge in [-0.15, -0.1) is 0 Å². The lowest BCUT2D eigenvalue weighted by molar-refractivity contribution is 0.303. The van der Waals surface area contributed by atoms with Gasteiger partial charge in [0.15, 0.2) is 0 Å². The monoisotopic (exact) mass is 209 g/mol. The molecule has 0 fully saturated rings. The molecule has 4 heteroatoms. The maximum Gasteiger partial charge on any atom is 0.218 e. The molecule has 0 spiro atoms. The Labute approximate surface area is 91.1 Å². The van der Waals surface area contributed by atoms with Crippen molar-refractivity contribution in [2.45, 2.75) is 33.1 Å². The highest BCUT2D eigenvalue weighted by Gasteiger charge is 2.03. The topological polar surface area (TPSA) is 47.0 Å². The predicted octanol–water partition coefficient (Wildman–Crippen LogP) is 2.26. The van der Waals surface area contributed by atoms with E-state index in [4.69, 9.17) is 4.74 Å². The molecule has 0 aliphatic carbocycles. The molecular formula is C11H19N3O. The Morgan fingerprint density at radius 3 is 2.67 bits per heavy atom. The summed E-state index contributed by atoms with van der Waals surface area (Å²) < 4.78 is 5.49. The van der Waals surface area contributed by atoms with E-state index in [1.807, 2.05) is 13.1 Å². The number of ether oxygens (including phenoxy) is 1. The van der Waals surface area contributed by atoms with Crippen molar-refractivity contribution in [3.63, 3.8) is 0 Å². The molecule has 0 saturated heterocycles. The summed E-state index contributed by atoms with van der Waals surface area (Å²) in [6.45, 7) is 4.89. The van der Waals surface area contributed by atoms with Crippen LogP contribution in [0.2, 0.25) is 0 Å². The van der Waals surface area contributed by atoms with E-state index in [9.17, 15) is 0 Å². The average Bonchev–Trinajstić information content (AvgIpc) is 2.26. The number of rotatable bonds is 6. The molecule has 0 saturated carbocycles. The van der Waals surface area contributed by atoms with Gasteiger partial charge in [-0.1, -0.05) is 13.8 Å². The van der Waals surface area contributed by atoms with Crippen molar-refractivity contribution in [2.75, 3.05) is 19.0 Å². The Morgan fingerprint density at radius 1 is 1.27 bits per heavy atom. The zero-order valence-electron chi connectivity index (χ0n) is 9.71. The molecule has 84 valence electrons. The van der Waals surface area contributed by atoms with Gasteiger partial charge in [0.1, 0.15) is 11.6 Å². The highest BCUT2D eigenvalue weighted by molar-refractivity contribution is 5.37. The molecule has 1 aromatic rings. The lowest BCUT2D eigenvalue weighted by Gasteiger charge is -2.07. The zero-order chi connectivity index (χ0) is 11.1. The maximum atomic E-state index is 5.49. The first-order chi connectivity index (χ1) is 7.30. The summed E-state index contributed by atoms with van der Waals surface area (Å²) in [5.74, 6) is 2.33. The maximum absolute atomic E-state index is 5.49. The number of aromatic nitrogens is 2. The van der Waals surface area contributed by atoms with Crippen LogP contribution in [-0.4, -0.2) is 23.6 Å². The molecule has 0 aliphatic rings. The first kappa shape index (κ1) is 11.8. The molecule has 0 unspecified atom stereocenters. The Bertz CT molecular complexity index is 302. The molecule has 0 aliphatic heterocycles. The van der Waals surface area contributed by atoms with Crippen LogP contribution in [-0.2, 0) is 6.42 Å². The minimum atomic E-state index is 0.666. The Kier molecular flexibility index (Phi) is 4.87. The van der Waals surface area contributed by atoms with Crippen LogP contribution in [0.5, 0.6) is 5.88 Å². The lowest BCUT2D eigenvalue weighted by Crippen LogP contribution is -2.04. The molecule has 1 N–H and O–H groups in total. The first-order valence-electron chi connectivity index (χ1n) is 5.48. The van der Waals surface area contributed by atoms with Gasteiger partial charge >= 0.3 is 0 Å². The summed E-state index contributed by atoms with van der Waals surface area (Å²) in [7, 11) is 1.85. The molecule has 1 rings (SSSR count). The van der Waals surface area contributed by atoms with E-state index in [1.165, 1.54) is 0 Å². The number of nitrogens with zero attached hydrogens (tertiary/aromatic N) is 2. The minimum Gasteiger partial charge on any atom is -0.478 e. The molecule has 0 amide bonds. The van der Waals surface area contributed by atoms with Crippen molar-refractivity contribution in [1.29, 1.82) is 0 Å². The van der Waals surface area contributed by atoms with Crippen LogP contribution in [0.1, 0.15) is 32.5 Å². The molecule has 0 radical (unpaired) electrons. The van der Waals surface area contributed by atoms with Gasteiger partial charge in [0, 0.05) is 19.5 Å². The van der Waals surface area contributed by atoms with Crippen LogP contribution in [0.15, 0.2) is 6.07 Å². The van der Waals surface area contributed by atoms with Gasteiger partial charge in [0.05, 0.1) is 6.61 Å². The van der Waals surface area contributed by atoms with Crippen molar-refractivity contribution >= 4 is 5.82 Å². The SMILES string of the molecule is CCCOc1cc(NC)nc(CCC)n1. The molecule has 0 atom stereocenters. The van der Waals surface area contributed by atoms with Crippen molar-refractivity contribution in [3.8, 4) is 5.88 Å². The van der Waals surface area contributed by atoms with Crippen LogP contribution in [0.25, 0.3) is 0 Å². The minimum absolute atomic E-state index is 0.666. The number of anilines is 1. The Morgan fingerprint density at radius 2 is 2.07 bits per heavy atom. The molecular weight excluding hydrogens is 190 g/mol. The molecule has 1 aromatic heterocycles. The van der Waals surface area contributed by atoms with Gasteiger partial charge in [-0.2, -0.15) is 4.98 Å². The second-order valence-corrected chi connectivity index (χ2v) is 3.36. The van der Waals surface area contributed by atoms with E-state index in [0.717, 1.165) is 30.9 Å². The van der Waals surface area contributed by atoms with E-state index in [-0.39, 0.29) is 0 Å². The van der Waals surface area contributed by atoms with Gasteiger partial charge in [-0.25, -0.2) is 4.98 Å². The fraction of sp³-hybridized carbons (Fsp3) is 0.636. The second kappa shape index (κ2) is 6.22. The van der Waals surface area contributed by atoms with Gasteiger partial charge in [0.25, 0.3) is 0 Å². The molecule has 15 heavy (non-hydrogen) atoms. The highest BCUT2D eigenvalue weighted by atomic mass is 16.5. The summed E-state index contributed by atoms with van der Waals surface area (Å²) in [4.78, 5) is 8.68. The van der Waals surface area contributed by atoms with E-state index in [0.29, 0.717) is 12.5 Å². The van der Waals surface area contributed by atoms with E-state index in [2.05, 4.69) is 29.1 Å². The molecule has 0 bridgehead atoms. The van der Waals surface area contributed by atoms with Crippen molar-refractivity contribution in [3.05, 3.63) is 11.9 Å². The van der Waals surface area contributed by atoms with Gasteiger partial charge in [-0.05, 0) is 12.8 Å². The lowest BCUT2D eigenvalue weighted by atomic mass is 10.3. The van der Waals surface area contributed by atoms with Crippen LogP contribution in [0, 0.1) is 0 Å². The number of aryl methyl sites for hydroxylation is 1. The Hall–Kier alpha value is -1.32. The Balaban J connectivity index is 2.79. The summed E-state index contributed by atoms with van der Waals surface area (Å²) in [6.07, 6.45) is 2.92. The number of hydrogen-bond acceptors (Lipinski definition) is 4. The number of nitrogens with one attached hydrogen (secondary N) is 1. The van der Waals surface area contributed by atoms with Crippen molar-refractivity contribution < 1.29 is 4.74 Å². The standard InChI is InChI=1S/C11H19N3O/c1-4-6-9-13-10(12-3)8-11(14-9)15-7-5-2/h8H,4-7H2,1-3H3,(H,12,13,14). The van der Waals surface area contributed by atoms with Gasteiger partial charge < -0.3 is 10.1 Å². The van der Waals surface area contributed by atoms with Crippen LogP contribution >= 0.6 is 0 Å². The van der Waals surface area contributed by atoms with Crippen LogP contribution in [0.4, 0.5) is 5.82 Å². The number of hydrogen-bond donors (Lipinski definition) is 1.